The highest BCUT2D eigenvalue weighted by Gasteiger charge is 2.18. The Labute approximate surface area is 183 Å². The third-order valence-corrected chi connectivity index (χ3v) is 4.99. The molecule has 6 nitrogen and oxygen atoms in total. The number of rotatable bonds is 7. The number of hydrogen-bond acceptors (Lipinski definition) is 4. The number of carbonyl (C=O) groups excluding carboxylic acids is 2. The Balaban J connectivity index is 1.65. The van der Waals surface area contributed by atoms with Crippen LogP contribution in [0.1, 0.15) is 47.8 Å². The maximum Gasteiger partial charge on any atom is 0.251 e. The monoisotopic (exact) mass is 416 g/mol. The molecule has 0 bridgehead atoms. The van der Waals surface area contributed by atoms with Crippen molar-refractivity contribution in [2.24, 2.45) is 0 Å². The molecule has 2 heterocycles. The van der Waals surface area contributed by atoms with Crippen molar-refractivity contribution in [1.82, 2.24) is 20.2 Å². The molecule has 31 heavy (non-hydrogen) atoms. The fourth-order valence-corrected chi connectivity index (χ4v) is 3.14. The number of nitrogens with one attached hydrogen (secondary N) is 1. The quantitative estimate of drug-likeness (QED) is 0.637. The SMILES string of the molecule is CC(C)(C)c1ccc(C(=O)NCC(=O)N(Cc2ccncc2)Cc2cccnc2)cc1. The van der Waals surface area contributed by atoms with Gasteiger partial charge >= 0.3 is 0 Å². The Hall–Kier alpha value is -3.54. The average Bonchev–Trinajstić information content (AvgIpc) is 2.77. The van der Waals surface area contributed by atoms with Gasteiger partial charge in [0.25, 0.3) is 5.91 Å². The summed E-state index contributed by atoms with van der Waals surface area (Å²) in [5.74, 6) is -0.431. The topological polar surface area (TPSA) is 75.2 Å². The van der Waals surface area contributed by atoms with E-state index in [9.17, 15) is 9.59 Å². The van der Waals surface area contributed by atoms with E-state index >= 15 is 0 Å². The van der Waals surface area contributed by atoms with Crippen molar-refractivity contribution < 1.29 is 9.59 Å². The number of hydrogen-bond donors (Lipinski definition) is 1. The maximum atomic E-state index is 12.9. The van der Waals surface area contributed by atoms with Gasteiger partial charge in [-0.05, 0) is 52.4 Å². The number of nitrogens with zero attached hydrogens (tertiary/aromatic N) is 3. The third kappa shape index (κ3) is 6.47. The standard InChI is InChI=1S/C25H28N4O2/c1-25(2,3)22-8-6-21(7-9-22)24(31)28-16-23(30)29(17-19-10-13-26-14-11-19)18-20-5-4-12-27-15-20/h4-15H,16-18H2,1-3H3,(H,28,31). The van der Waals surface area contributed by atoms with Gasteiger partial charge in [0, 0.05) is 43.4 Å². The summed E-state index contributed by atoms with van der Waals surface area (Å²) in [7, 11) is 0. The van der Waals surface area contributed by atoms with Crippen molar-refractivity contribution in [1.29, 1.82) is 0 Å². The molecule has 0 atom stereocenters. The normalized spacial score (nSPS) is 11.1. The molecule has 3 rings (SSSR count). The van der Waals surface area contributed by atoms with Crippen LogP contribution in [0.25, 0.3) is 0 Å². The van der Waals surface area contributed by atoms with E-state index in [4.69, 9.17) is 0 Å². The molecule has 0 aliphatic carbocycles. The number of benzene rings is 1. The number of pyridine rings is 2. The first-order valence-electron chi connectivity index (χ1n) is 10.3. The van der Waals surface area contributed by atoms with Crippen LogP contribution in [0.4, 0.5) is 0 Å². The molecular weight excluding hydrogens is 388 g/mol. The van der Waals surface area contributed by atoms with Crippen molar-refractivity contribution in [3.05, 3.63) is 95.6 Å². The molecule has 2 aromatic heterocycles. The summed E-state index contributed by atoms with van der Waals surface area (Å²) in [5, 5.41) is 2.75. The van der Waals surface area contributed by atoms with Crippen LogP contribution in [0.3, 0.4) is 0 Å². The lowest BCUT2D eigenvalue weighted by atomic mass is 9.87. The van der Waals surface area contributed by atoms with Gasteiger partial charge in [0.1, 0.15) is 0 Å². The predicted molar refractivity (Wildman–Crippen MR) is 120 cm³/mol. The van der Waals surface area contributed by atoms with Gasteiger partial charge in [-0.3, -0.25) is 19.6 Å². The fourth-order valence-electron chi connectivity index (χ4n) is 3.14. The van der Waals surface area contributed by atoms with Crippen molar-refractivity contribution in [2.45, 2.75) is 39.3 Å². The molecule has 0 fully saturated rings. The zero-order valence-corrected chi connectivity index (χ0v) is 18.2. The largest absolute Gasteiger partial charge is 0.343 e. The molecule has 6 heteroatoms. The first-order chi connectivity index (χ1) is 14.8. The van der Waals surface area contributed by atoms with Crippen molar-refractivity contribution >= 4 is 11.8 Å². The van der Waals surface area contributed by atoms with E-state index in [-0.39, 0.29) is 23.8 Å². The lowest BCUT2D eigenvalue weighted by Gasteiger charge is -2.23. The molecule has 1 N–H and O–H groups in total. The van der Waals surface area contributed by atoms with Crippen molar-refractivity contribution in [3.63, 3.8) is 0 Å². The highest BCUT2D eigenvalue weighted by Crippen LogP contribution is 2.22. The van der Waals surface area contributed by atoms with Gasteiger partial charge in [-0.2, -0.15) is 0 Å². The molecule has 0 saturated heterocycles. The van der Waals surface area contributed by atoms with Gasteiger partial charge in [0.15, 0.2) is 0 Å². The van der Waals surface area contributed by atoms with Crippen molar-refractivity contribution in [3.8, 4) is 0 Å². The number of aromatic nitrogens is 2. The van der Waals surface area contributed by atoms with Gasteiger partial charge in [-0.15, -0.1) is 0 Å². The second kappa shape index (κ2) is 9.98. The molecule has 2 amide bonds. The second-order valence-electron chi connectivity index (χ2n) is 8.48. The van der Waals surface area contributed by atoms with Crippen LogP contribution in [-0.4, -0.2) is 33.2 Å². The van der Waals surface area contributed by atoms with Crippen LogP contribution in [-0.2, 0) is 23.3 Å². The molecule has 0 radical (unpaired) electrons. The Morgan fingerprint density at radius 1 is 0.871 bits per heavy atom. The molecule has 0 aliphatic heterocycles. The van der Waals surface area contributed by atoms with Gasteiger partial charge in [0.2, 0.25) is 5.91 Å². The number of carbonyl (C=O) groups is 2. The molecule has 0 spiro atoms. The first-order valence-corrected chi connectivity index (χ1v) is 10.3. The zero-order chi connectivity index (χ0) is 22.3. The smallest absolute Gasteiger partial charge is 0.251 e. The molecule has 0 aliphatic rings. The highest BCUT2D eigenvalue weighted by molar-refractivity contribution is 5.96. The van der Waals surface area contributed by atoms with Gasteiger partial charge in [-0.1, -0.05) is 39.0 Å². The molecule has 160 valence electrons. The summed E-state index contributed by atoms with van der Waals surface area (Å²) < 4.78 is 0. The molecule has 3 aromatic rings. The minimum absolute atomic E-state index is 0.0186. The van der Waals surface area contributed by atoms with Crippen LogP contribution in [0, 0.1) is 0 Å². The third-order valence-electron chi connectivity index (χ3n) is 4.99. The van der Waals surface area contributed by atoms with Crippen LogP contribution in [0.5, 0.6) is 0 Å². The minimum Gasteiger partial charge on any atom is -0.343 e. The molecule has 0 unspecified atom stereocenters. The minimum atomic E-state index is -0.265. The zero-order valence-electron chi connectivity index (χ0n) is 18.2. The Morgan fingerprint density at radius 3 is 2.16 bits per heavy atom. The van der Waals surface area contributed by atoms with Crippen LogP contribution in [0.15, 0.2) is 73.3 Å². The molecule has 0 saturated carbocycles. The van der Waals surface area contributed by atoms with Crippen molar-refractivity contribution in [2.75, 3.05) is 6.54 Å². The van der Waals surface area contributed by atoms with Crippen LogP contribution >= 0.6 is 0 Å². The van der Waals surface area contributed by atoms with Crippen LogP contribution < -0.4 is 5.32 Å². The van der Waals surface area contributed by atoms with E-state index in [1.807, 2.05) is 36.4 Å². The number of amides is 2. The highest BCUT2D eigenvalue weighted by atomic mass is 16.2. The second-order valence-corrected chi connectivity index (χ2v) is 8.48. The van der Waals surface area contributed by atoms with Gasteiger partial charge < -0.3 is 10.2 Å². The summed E-state index contributed by atoms with van der Waals surface area (Å²) in [6.07, 6.45) is 6.84. The predicted octanol–water partition coefficient (Wildman–Crippen LogP) is 3.73. The first kappa shape index (κ1) is 22.2. The Morgan fingerprint density at radius 2 is 1.55 bits per heavy atom. The summed E-state index contributed by atoms with van der Waals surface area (Å²) in [4.78, 5) is 35.4. The summed E-state index contributed by atoms with van der Waals surface area (Å²) in [6, 6.07) is 15.0. The van der Waals surface area contributed by atoms with Gasteiger partial charge in [-0.25, -0.2) is 0 Å². The van der Waals surface area contributed by atoms with Crippen LogP contribution in [0.2, 0.25) is 0 Å². The lowest BCUT2D eigenvalue weighted by Crippen LogP contribution is -2.39. The van der Waals surface area contributed by atoms with E-state index in [1.165, 1.54) is 0 Å². The van der Waals surface area contributed by atoms with Gasteiger partial charge in [0.05, 0.1) is 6.54 Å². The van der Waals surface area contributed by atoms with E-state index in [1.54, 1.807) is 41.8 Å². The van der Waals surface area contributed by atoms with E-state index in [0.717, 1.165) is 16.7 Å². The Bertz CT molecular complexity index is 956. The lowest BCUT2D eigenvalue weighted by molar-refractivity contribution is -0.131. The maximum absolute atomic E-state index is 12.9. The molecular formula is C25H28N4O2. The van der Waals surface area contributed by atoms with E-state index in [2.05, 4.69) is 36.1 Å². The van der Waals surface area contributed by atoms with E-state index < -0.39 is 0 Å². The Kier molecular flexibility index (Phi) is 7.13. The summed E-state index contributed by atoms with van der Waals surface area (Å²) in [6.45, 7) is 7.13. The fraction of sp³-hybridized carbons (Fsp3) is 0.280. The average molecular weight is 417 g/mol. The van der Waals surface area contributed by atoms with E-state index in [0.29, 0.717) is 18.7 Å². The summed E-state index contributed by atoms with van der Waals surface area (Å²) in [5.41, 5.74) is 3.60. The summed E-state index contributed by atoms with van der Waals surface area (Å²) >= 11 is 0. The molecule has 1 aromatic carbocycles.